The van der Waals surface area contributed by atoms with E-state index in [1.807, 2.05) is 0 Å². The highest BCUT2D eigenvalue weighted by Gasteiger charge is 2.30. The molecule has 13 N–H and O–H groups in total. The summed E-state index contributed by atoms with van der Waals surface area (Å²) in [6.07, 6.45) is -0.478. The fraction of sp³-hybridized carbons (Fsp3) is 0.625. The maximum atomic E-state index is 12.5. The largest absolute Gasteiger partial charge is 0.480 e. The second-order valence-electron chi connectivity index (χ2n) is 6.61. The van der Waals surface area contributed by atoms with Gasteiger partial charge in [-0.05, 0) is 19.8 Å². The van der Waals surface area contributed by atoms with Crippen LogP contribution in [0.1, 0.15) is 26.2 Å². The molecule has 0 saturated heterocycles. The summed E-state index contributed by atoms with van der Waals surface area (Å²) >= 11 is 0. The summed E-state index contributed by atoms with van der Waals surface area (Å²) in [5.74, 6) is -5.24. The molecule has 4 atom stereocenters. The number of nitrogens with zero attached hydrogens (tertiary/aromatic N) is 1. The van der Waals surface area contributed by atoms with E-state index in [1.54, 1.807) is 0 Å². The molecule has 0 saturated carbocycles. The summed E-state index contributed by atoms with van der Waals surface area (Å²) in [6.45, 7) is 0.656. The Morgan fingerprint density at radius 3 is 1.87 bits per heavy atom. The highest BCUT2D eigenvalue weighted by molar-refractivity contribution is 5.96. The maximum Gasteiger partial charge on any atom is 0.326 e. The second kappa shape index (κ2) is 13.7. The van der Waals surface area contributed by atoms with Gasteiger partial charge in [-0.2, -0.15) is 0 Å². The molecule has 0 heterocycles. The van der Waals surface area contributed by atoms with Crippen LogP contribution in [0.4, 0.5) is 0 Å². The lowest BCUT2D eigenvalue weighted by Gasteiger charge is -2.23. The van der Waals surface area contributed by atoms with Crippen molar-refractivity contribution < 1.29 is 34.2 Å². The van der Waals surface area contributed by atoms with Crippen LogP contribution in [0.2, 0.25) is 0 Å². The van der Waals surface area contributed by atoms with Crippen LogP contribution in [0.5, 0.6) is 0 Å². The summed E-state index contributed by atoms with van der Waals surface area (Å²) in [6, 6.07) is -5.34. The van der Waals surface area contributed by atoms with Crippen molar-refractivity contribution in [1.29, 1.82) is 0 Å². The number of hydrogen-bond acceptors (Lipinski definition) is 8. The monoisotopic (exact) mass is 446 g/mol. The Labute approximate surface area is 178 Å². The van der Waals surface area contributed by atoms with Crippen LogP contribution in [0.15, 0.2) is 4.99 Å². The van der Waals surface area contributed by atoms with Gasteiger partial charge >= 0.3 is 5.97 Å². The number of aliphatic imine (C=N–C) groups is 1. The van der Waals surface area contributed by atoms with Crippen molar-refractivity contribution in [2.45, 2.75) is 50.4 Å². The van der Waals surface area contributed by atoms with Crippen molar-refractivity contribution in [2.75, 3.05) is 13.2 Å². The quantitative estimate of drug-likeness (QED) is 0.0694. The zero-order chi connectivity index (χ0) is 24.1. The van der Waals surface area contributed by atoms with Crippen LogP contribution in [-0.2, 0) is 24.0 Å². The van der Waals surface area contributed by atoms with E-state index in [9.17, 15) is 34.2 Å². The van der Waals surface area contributed by atoms with Gasteiger partial charge in [0.05, 0.1) is 19.1 Å². The van der Waals surface area contributed by atoms with Gasteiger partial charge in [-0.25, -0.2) is 4.79 Å². The maximum absolute atomic E-state index is 12.5. The minimum atomic E-state index is -1.55. The molecule has 0 fully saturated rings. The predicted molar refractivity (Wildman–Crippen MR) is 108 cm³/mol. The molecule has 0 aromatic heterocycles. The van der Waals surface area contributed by atoms with Gasteiger partial charge in [0.1, 0.15) is 18.1 Å². The van der Waals surface area contributed by atoms with Crippen molar-refractivity contribution in [3.8, 4) is 0 Å². The minimum Gasteiger partial charge on any atom is -0.480 e. The first-order valence-electron chi connectivity index (χ1n) is 9.23. The van der Waals surface area contributed by atoms with Gasteiger partial charge in [0, 0.05) is 6.54 Å². The molecule has 0 aromatic carbocycles. The molecular weight excluding hydrogens is 416 g/mol. The molecule has 4 amide bonds. The number of aliphatic hydroxyl groups is 1. The van der Waals surface area contributed by atoms with E-state index in [-0.39, 0.29) is 25.3 Å². The number of guanidine groups is 1. The van der Waals surface area contributed by atoms with Gasteiger partial charge in [-0.1, -0.05) is 0 Å². The average molecular weight is 446 g/mol. The third kappa shape index (κ3) is 11.3. The van der Waals surface area contributed by atoms with E-state index in [0.717, 1.165) is 0 Å². The van der Waals surface area contributed by atoms with Crippen LogP contribution in [0.25, 0.3) is 0 Å². The number of hydrogen-bond donors (Lipinski definition) is 9. The molecule has 0 aliphatic heterocycles. The topological polar surface area (TPSA) is 278 Å². The van der Waals surface area contributed by atoms with E-state index in [0.29, 0.717) is 0 Å². The predicted octanol–water partition coefficient (Wildman–Crippen LogP) is -5.21. The minimum absolute atomic E-state index is 0.0429. The molecule has 176 valence electrons. The Bertz CT molecular complexity index is 693. The molecule has 0 aliphatic carbocycles. The number of carboxylic acid groups (broad SMARTS) is 1. The third-order valence-corrected chi connectivity index (χ3v) is 3.83. The Morgan fingerprint density at radius 1 is 0.903 bits per heavy atom. The van der Waals surface area contributed by atoms with Gasteiger partial charge in [0.25, 0.3) is 0 Å². The molecule has 0 bridgehead atoms. The van der Waals surface area contributed by atoms with Crippen LogP contribution in [0, 0.1) is 0 Å². The average Bonchev–Trinajstić information content (AvgIpc) is 2.66. The lowest BCUT2D eigenvalue weighted by Crippen LogP contribution is -2.58. The van der Waals surface area contributed by atoms with Gasteiger partial charge in [-0.3, -0.25) is 24.2 Å². The molecule has 31 heavy (non-hydrogen) atoms. The van der Waals surface area contributed by atoms with Crippen molar-refractivity contribution in [3.05, 3.63) is 0 Å². The van der Waals surface area contributed by atoms with Gasteiger partial charge in [0.15, 0.2) is 5.96 Å². The van der Waals surface area contributed by atoms with Crippen molar-refractivity contribution in [2.24, 2.45) is 27.9 Å². The number of rotatable bonds is 14. The van der Waals surface area contributed by atoms with Gasteiger partial charge < -0.3 is 49.1 Å². The third-order valence-electron chi connectivity index (χ3n) is 3.83. The molecule has 0 rings (SSSR count). The molecule has 4 unspecified atom stereocenters. The van der Waals surface area contributed by atoms with E-state index in [1.165, 1.54) is 6.92 Å². The van der Waals surface area contributed by atoms with E-state index < -0.39 is 66.8 Å². The summed E-state index contributed by atoms with van der Waals surface area (Å²) in [4.78, 5) is 62.8. The van der Waals surface area contributed by atoms with E-state index in [2.05, 4.69) is 20.9 Å². The molecule has 0 radical (unpaired) electrons. The summed E-state index contributed by atoms with van der Waals surface area (Å²) in [5.41, 5.74) is 20.8. The number of aliphatic carboxylic acids is 1. The Kier molecular flexibility index (Phi) is 12.2. The highest BCUT2D eigenvalue weighted by Crippen LogP contribution is 2.02. The summed E-state index contributed by atoms with van der Waals surface area (Å²) < 4.78 is 0. The molecule has 0 spiro atoms. The Balaban J connectivity index is 5.20. The van der Waals surface area contributed by atoms with Crippen molar-refractivity contribution >= 4 is 35.6 Å². The second-order valence-corrected chi connectivity index (χ2v) is 6.61. The van der Waals surface area contributed by atoms with Crippen molar-refractivity contribution in [1.82, 2.24) is 16.0 Å². The SMILES string of the molecule is CC(N)C(=O)NC(CO)C(=O)NC(CC(N)=O)C(=O)NC(CCCN=C(N)N)C(=O)O. The molecule has 0 aliphatic rings. The number of primary amides is 1. The fourth-order valence-electron chi connectivity index (χ4n) is 2.21. The number of carboxylic acids is 1. The summed E-state index contributed by atoms with van der Waals surface area (Å²) in [5, 5.41) is 25.1. The Hall–Kier alpha value is -3.46. The first kappa shape index (κ1) is 27.5. The lowest BCUT2D eigenvalue weighted by molar-refractivity contribution is -0.142. The zero-order valence-electron chi connectivity index (χ0n) is 17.0. The van der Waals surface area contributed by atoms with Crippen LogP contribution in [0.3, 0.4) is 0 Å². The number of carbonyl (C=O) groups excluding carboxylic acids is 4. The first-order valence-corrected chi connectivity index (χ1v) is 9.23. The number of amides is 4. The first-order chi connectivity index (χ1) is 14.4. The van der Waals surface area contributed by atoms with Gasteiger partial charge in [-0.15, -0.1) is 0 Å². The molecule has 15 heteroatoms. The highest BCUT2D eigenvalue weighted by atomic mass is 16.4. The zero-order valence-corrected chi connectivity index (χ0v) is 17.0. The summed E-state index contributed by atoms with van der Waals surface area (Å²) in [7, 11) is 0. The molecule has 0 aromatic rings. The lowest BCUT2D eigenvalue weighted by atomic mass is 10.1. The van der Waals surface area contributed by atoms with E-state index >= 15 is 0 Å². The Morgan fingerprint density at radius 2 is 1.42 bits per heavy atom. The van der Waals surface area contributed by atoms with Crippen molar-refractivity contribution in [3.63, 3.8) is 0 Å². The fourth-order valence-corrected chi connectivity index (χ4v) is 2.21. The van der Waals surface area contributed by atoms with Gasteiger partial charge in [0.2, 0.25) is 23.6 Å². The number of nitrogens with two attached hydrogens (primary N) is 4. The van der Waals surface area contributed by atoms with Crippen LogP contribution < -0.4 is 38.9 Å². The molecule has 15 nitrogen and oxygen atoms in total. The smallest absolute Gasteiger partial charge is 0.326 e. The normalized spacial score (nSPS) is 14.3. The number of aliphatic hydroxyl groups excluding tert-OH is 1. The van der Waals surface area contributed by atoms with E-state index in [4.69, 9.17) is 22.9 Å². The molecular formula is C16H30N8O7. The standard InChI is InChI=1S/C16H30N8O7/c1-7(17)12(27)24-10(6-25)14(29)23-9(5-11(18)26)13(28)22-8(15(30)31)3-2-4-21-16(19)20/h7-10,25H,2-6,17H2,1H3,(H2,18,26)(H,22,28)(H,23,29)(H,24,27)(H,30,31)(H4,19,20,21). The number of nitrogens with one attached hydrogen (secondary N) is 3. The number of carbonyl (C=O) groups is 5. The van der Waals surface area contributed by atoms with Crippen LogP contribution in [-0.4, -0.2) is 83.1 Å². The van der Waals surface area contributed by atoms with Crippen LogP contribution >= 0.6 is 0 Å².